The molecular formula is C11H31NO2Si3. The van der Waals surface area contributed by atoms with Crippen LogP contribution in [0.2, 0.25) is 51.9 Å². The van der Waals surface area contributed by atoms with Crippen LogP contribution in [0.15, 0.2) is 0 Å². The summed E-state index contributed by atoms with van der Waals surface area (Å²) in [6.45, 7) is 19.4. The number of nitrogens with zero attached hydrogens (tertiary/aromatic N) is 1. The second kappa shape index (κ2) is 6.12. The Bertz CT molecular complexity index is 218. The number of rotatable bonds is 7. The quantitative estimate of drug-likeness (QED) is 0.528. The highest BCUT2D eigenvalue weighted by molar-refractivity contribution is 6.89. The molecule has 0 saturated carbocycles. The molecule has 0 aromatic rings. The average molecular weight is 294 g/mol. The summed E-state index contributed by atoms with van der Waals surface area (Å²) < 4.78 is 14.4. The molecule has 0 spiro atoms. The zero-order valence-corrected chi connectivity index (χ0v) is 16.2. The highest BCUT2D eigenvalue weighted by Crippen LogP contribution is 2.21. The molecule has 0 fully saturated rings. The van der Waals surface area contributed by atoms with E-state index in [2.05, 4.69) is 57.0 Å². The molecule has 0 aromatic carbocycles. The van der Waals surface area contributed by atoms with Gasteiger partial charge in [0.25, 0.3) is 0 Å². The van der Waals surface area contributed by atoms with Gasteiger partial charge in [0.2, 0.25) is 0 Å². The monoisotopic (exact) mass is 293 g/mol. The Labute approximate surface area is 111 Å². The molecule has 0 N–H and O–H groups in total. The third kappa shape index (κ3) is 5.80. The van der Waals surface area contributed by atoms with Gasteiger partial charge >= 0.3 is 8.56 Å². The molecule has 0 heterocycles. The van der Waals surface area contributed by atoms with Gasteiger partial charge in [-0.1, -0.05) is 46.2 Å². The van der Waals surface area contributed by atoms with E-state index in [1.54, 1.807) is 7.11 Å². The first-order valence-electron chi connectivity index (χ1n) is 6.43. The fraction of sp³-hybridized carbons (Fsp3) is 1.00. The summed E-state index contributed by atoms with van der Waals surface area (Å²) in [5.74, 6) is 0. The van der Waals surface area contributed by atoms with E-state index in [0.29, 0.717) is 0 Å². The number of hydrogen-bond acceptors (Lipinski definition) is 3. The minimum atomic E-state index is -1.91. The van der Waals surface area contributed by atoms with Crippen molar-refractivity contribution in [3.05, 3.63) is 0 Å². The normalized spacial score (nSPS) is 17.3. The van der Waals surface area contributed by atoms with Crippen LogP contribution in [-0.4, -0.2) is 43.1 Å². The van der Waals surface area contributed by atoms with Gasteiger partial charge in [0.15, 0.2) is 0 Å². The van der Waals surface area contributed by atoms with Gasteiger partial charge in [0, 0.05) is 7.11 Å². The van der Waals surface area contributed by atoms with Crippen molar-refractivity contribution in [3.8, 4) is 0 Å². The molecule has 0 aliphatic carbocycles. The van der Waals surface area contributed by atoms with Crippen molar-refractivity contribution < 1.29 is 8.85 Å². The van der Waals surface area contributed by atoms with Gasteiger partial charge in [-0.05, 0) is 12.6 Å². The molecule has 0 amide bonds. The molecule has 6 heteroatoms. The molecule has 0 saturated heterocycles. The molecule has 104 valence electrons. The summed E-state index contributed by atoms with van der Waals surface area (Å²) in [6, 6.07) is 1.01. The van der Waals surface area contributed by atoms with Crippen molar-refractivity contribution in [2.45, 2.75) is 58.8 Å². The van der Waals surface area contributed by atoms with Gasteiger partial charge in [0.05, 0.1) is 6.73 Å². The van der Waals surface area contributed by atoms with Crippen LogP contribution in [0.1, 0.15) is 6.92 Å². The minimum Gasteiger partial charge on any atom is -0.398 e. The van der Waals surface area contributed by atoms with E-state index in [9.17, 15) is 0 Å². The van der Waals surface area contributed by atoms with Crippen LogP contribution in [0.5, 0.6) is 0 Å². The molecule has 3 nitrogen and oxygen atoms in total. The lowest BCUT2D eigenvalue weighted by atomic mass is 11.0. The first kappa shape index (κ1) is 17.5. The Balaban J connectivity index is 4.70. The lowest BCUT2D eigenvalue weighted by Crippen LogP contribution is -2.61. The Kier molecular flexibility index (Phi) is 6.31. The highest BCUT2D eigenvalue weighted by atomic mass is 28.4. The van der Waals surface area contributed by atoms with Crippen LogP contribution in [0, 0.1) is 0 Å². The van der Waals surface area contributed by atoms with Crippen molar-refractivity contribution >= 4 is 25.0 Å². The summed E-state index contributed by atoms with van der Waals surface area (Å²) in [7, 11) is -2.76. The van der Waals surface area contributed by atoms with Crippen molar-refractivity contribution in [2.75, 3.05) is 13.8 Å². The van der Waals surface area contributed by atoms with E-state index in [4.69, 9.17) is 8.85 Å². The van der Waals surface area contributed by atoms with E-state index < -0.39 is 25.0 Å². The van der Waals surface area contributed by atoms with Crippen LogP contribution in [-0.2, 0) is 8.85 Å². The second-order valence-electron chi connectivity index (χ2n) is 6.73. The summed E-state index contributed by atoms with van der Waals surface area (Å²) in [4.78, 5) is 0. The maximum atomic E-state index is 6.16. The second-order valence-corrected chi connectivity index (χ2v) is 20.6. The van der Waals surface area contributed by atoms with Gasteiger partial charge < -0.3 is 13.1 Å². The maximum absolute atomic E-state index is 6.16. The topological polar surface area (TPSA) is 21.7 Å². The lowest BCUT2D eigenvalue weighted by Gasteiger charge is -2.44. The maximum Gasteiger partial charge on any atom is 0.335 e. The van der Waals surface area contributed by atoms with Crippen molar-refractivity contribution in [3.63, 3.8) is 0 Å². The number of hydrogen-bond donors (Lipinski definition) is 0. The smallest absolute Gasteiger partial charge is 0.335 e. The van der Waals surface area contributed by atoms with Gasteiger partial charge in [-0.15, -0.1) is 0 Å². The highest BCUT2D eigenvalue weighted by Gasteiger charge is 2.37. The Morgan fingerprint density at radius 2 is 1.29 bits per heavy atom. The fourth-order valence-electron chi connectivity index (χ4n) is 1.90. The predicted molar refractivity (Wildman–Crippen MR) is 83.6 cm³/mol. The summed E-state index contributed by atoms with van der Waals surface area (Å²) in [6.07, 6.45) is 0. The molecular weight excluding hydrogens is 262 g/mol. The standard InChI is InChI=1S/C11H31NO2Si3/c1-10-17(9,13-2)14-11-12(15(3,4)5)16(6,7)8/h10-11H2,1-9H3. The van der Waals surface area contributed by atoms with E-state index in [1.807, 2.05) is 0 Å². The van der Waals surface area contributed by atoms with Gasteiger partial charge in [-0.2, -0.15) is 0 Å². The SMILES string of the molecule is CC[Si](C)(OC)OCN([Si](C)(C)C)[Si](C)(C)C. The van der Waals surface area contributed by atoms with E-state index in [1.165, 1.54) is 0 Å². The lowest BCUT2D eigenvalue weighted by molar-refractivity contribution is 0.168. The van der Waals surface area contributed by atoms with E-state index in [-0.39, 0.29) is 0 Å². The molecule has 1 unspecified atom stereocenters. The Morgan fingerprint density at radius 1 is 0.882 bits per heavy atom. The van der Waals surface area contributed by atoms with Gasteiger partial charge in [0.1, 0.15) is 16.5 Å². The van der Waals surface area contributed by atoms with Gasteiger partial charge in [-0.25, -0.2) is 0 Å². The molecule has 0 aliphatic rings. The molecule has 0 radical (unpaired) electrons. The van der Waals surface area contributed by atoms with Crippen LogP contribution >= 0.6 is 0 Å². The molecule has 1 atom stereocenters. The fourth-order valence-corrected chi connectivity index (χ4v) is 12.1. The molecule has 0 aromatic heterocycles. The van der Waals surface area contributed by atoms with Crippen LogP contribution in [0.4, 0.5) is 0 Å². The summed E-state index contributed by atoms with van der Waals surface area (Å²) >= 11 is 0. The van der Waals surface area contributed by atoms with Crippen molar-refractivity contribution in [2.24, 2.45) is 0 Å². The predicted octanol–water partition coefficient (Wildman–Crippen LogP) is 3.67. The first-order valence-corrected chi connectivity index (χ1v) is 15.8. The largest absolute Gasteiger partial charge is 0.398 e. The Hall–Kier alpha value is 0.531. The van der Waals surface area contributed by atoms with Crippen molar-refractivity contribution in [1.29, 1.82) is 0 Å². The minimum absolute atomic E-state index is 0.760. The van der Waals surface area contributed by atoms with Crippen LogP contribution in [0.25, 0.3) is 0 Å². The van der Waals surface area contributed by atoms with Crippen molar-refractivity contribution in [1.82, 2.24) is 4.23 Å². The third-order valence-corrected chi connectivity index (χ3v) is 13.6. The van der Waals surface area contributed by atoms with E-state index in [0.717, 1.165) is 12.8 Å². The van der Waals surface area contributed by atoms with E-state index >= 15 is 0 Å². The Morgan fingerprint density at radius 3 is 1.53 bits per heavy atom. The summed E-state index contributed by atoms with van der Waals surface area (Å²) in [5.41, 5.74) is 0. The van der Waals surface area contributed by atoms with Crippen LogP contribution < -0.4 is 0 Å². The van der Waals surface area contributed by atoms with Crippen LogP contribution in [0.3, 0.4) is 0 Å². The molecule has 0 rings (SSSR count). The average Bonchev–Trinajstić information content (AvgIpc) is 2.13. The molecule has 0 aliphatic heterocycles. The zero-order valence-electron chi connectivity index (χ0n) is 13.2. The third-order valence-electron chi connectivity index (χ3n) is 3.19. The summed E-state index contributed by atoms with van der Waals surface area (Å²) in [5, 5.41) is 0. The zero-order chi connectivity index (χ0) is 13.9. The molecule has 0 bridgehead atoms. The molecule has 17 heavy (non-hydrogen) atoms. The first-order chi connectivity index (χ1) is 7.46. The van der Waals surface area contributed by atoms with Gasteiger partial charge in [-0.3, -0.25) is 0 Å².